The van der Waals surface area contributed by atoms with Crippen molar-refractivity contribution in [2.24, 2.45) is 11.8 Å². The normalized spacial score (nSPS) is 33.1. The number of likely N-dealkylation sites (N-methyl/N-ethyl adjacent to an activating group) is 1. The lowest BCUT2D eigenvalue weighted by Gasteiger charge is -2.52. The Morgan fingerprint density at radius 1 is 0.646 bits per heavy atom. The Labute approximate surface area is 464 Å². The number of alkyl carbamates (subject to hydrolysis) is 4. The topological polar surface area (TPSA) is 333 Å². The summed E-state index contributed by atoms with van der Waals surface area (Å²) >= 11 is 0. The van der Waals surface area contributed by atoms with Crippen molar-refractivity contribution in [1.29, 1.82) is 0 Å². The summed E-state index contributed by atoms with van der Waals surface area (Å²) in [6.07, 6.45) is -9.33. The number of rotatable bonds is 14. The second-order valence-electron chi connectivity index (χ2n) is 27.1. The number of hydrogen-bond donors (Lipinski definition) is 10. The van der Waals surface area contributed by atoms with Gasteiger partial charge in [-0.1, -0.05) is 0 Å². The smallest absolute Gasteiger partial charge is 0.410 e. The molecule has 0 spiro atoms. The van der Waals surface area contributed by atoms with Crippen LogP contribution in [0.2, 0.25) is 0 Å². The van der Waals surface area contributed by atoms with E-state index >= 15 is 0 Å². The Balaban J connectivity index is 1.50. The van der Waals surface area contributed by atoms with Crippen LogP contribution in [0.3, 0.4) is 0 Å². The van der Waals surface area contributed by atoms with Crippen LogP contribution in [0.1, 0.15) is 149 Å². The minimum absolute atomic E-state index is 0.0541. The maximum atomic E-state index is 14.4. The molecule has 11 atom stereocenters. The van der Waals surface area contributed by atoms with Gasteiger partial charge in [0.1, 0.15) is 63.3 Å². The number of aliphatic hydroxyl groups is 4. The highest BCUT2D eigenvalue weighted by Crippen LogP contribution is 2.40. The molecule has 3 saturated carbocycles. The minimum atomic E-state index is -2.04. The zero-order chi connectivity index (χ0) is 59.6. The molecule has 10 N–H and O–H groups in total. The molecular formula is C54H93N7O18. The first-order valence-corrected chi connectivity index (χ1v) is 27.4. The van der Waals surface area contributed by atoms with Crippen LogP contribution in [0.5, 0.6) is 0 Å². The van der Waals surface area contributed by atoms with Gasteiger partial charge in [0, 0.05) is 43.9 Å². The average molecular weight is 1130 g/mol. The summed E-state index contributed by atoms with van der Waals surface area (Å²) in [4.78, 5) is 81.4. The van der Waals surface area contributed by atoms with Crippen LogP contribution in [0.15, 0.2) is 11.8 Å². The first-order valence-electron chi connectivity index (χ1n) is 27.4. The minimum Gasteiger partial charge on any atom is -0.491 e. The lowest BCUT2D eigenvalue weighted by molar-refractivity contribution is -0.306. The molecule has 0 aromatic carbocycles. The Morgan fingerprint density at radius 2 is 1.13 bits per heavy atom. The molecule has 1 unspecified atom stereocenters. The molecule has 2 heterocycles. The van der Waals surface area contributed by atoms with Gasteiger partial charge in [0.15, 0.2) is 6.29 Å². The summed E-state index contributed by atoms with van der Waals surface area (Å²) in [5.41, 5.74) is -8.25. The van der Waals surface area contributed by atoms with Crippen molar-refractivity contribution in [1.82, 2.24) is 36.8 Å². The monoisotopic (exact) mass is 1130 g/mol. The molecular weight excluding hydrogens is 1030 g/mol. The molecule has 5 aliphatic rings. The summed E-state index contributed by atoms with van der Waals surface area (Å²) in [6, 6.07) is -5.56. The predicted octanol–water partition coefficient (Wildman–Crippen LogP) is 3.71. The van der Waals surface area contributed by atoms with E-state index in [1.54, 1.807) is 110 Å². The number of nitrogens with one attached hydrogen (secondary N) is 6. The van der Waals surface area contributed by atoms with Gasteiger partial charge in [-0.2, -0.15) is 0 Å². The lowest BCUT2D eigenvalue weighted by atomic mass is 9.71. The van der Waals surface area contributed by atoms with Gasteiger partial charge < -0.3 is 95.1 Å². The second-order valence-corrected chi connectivity index (χ2v) is 27.1. The molecule has 0 radical (unpaired) electrons. The molecule has 3 aliphatic carbocycles. The van der Waals surface area contributed by atoms with Crippen molar-refractivity contribution in [3.05, 3.63) is 11.8 Å². The Bertz CT molecular complexity index is 2180. The second kappa shape index (κ2) is 24.7. The van der Waals surface area contributed by atoms with Crippen LogP contribution in [0, 0.1) is 11.8 Å². The van der Waals surface area contributed by atoms with Gasteiger partial charge >= 0.3 is 30.5 Å². The SMILES string of the molecule is CN(C(=O)OC(C)(C)C)[C@@H]1[C@@H](O)[C@@H](O[C@@H]2[C@@H](O)[C@H](C3OC(CNCC4CC(NC(=O)OC(C)(C)C)C4)=CC[C@H]3NC(=O)OC(C)(C)C)[C@@H](NC(=O)OC(C)(C)C)C[C@H]2NC(=O)C2(O)CC(NC(=O)OC(C)(C)C)C2)OC[C@]1(C)O. The van der Waals surface area contributed by atoms with Crippen LogP contribution >= 0.6 is 0 Å². The summed E-state index contributed by atoms with van der Waals surface area (Å²) in [7, 11) is 1.33. The molecule has 0 aromatic rings. The van der Waals surface area contributed by atoms with Gasteiger partial charge in [-0.25, -0.2) is 24.0 Å². The fourth-order valence-electron chi connectivity index (χ4n) is 10.4. The Hall–Kier alpha value is -4.92. The first-order chi connectivity index (χ1) is 36.0. The molecule has 2 aliphatic heterocycles. The lowest BCUT2D eigenvalue weighted by Crippen LogP contribution is -2.72. The molecule has 79 heavy (non-hydrogen) atoms. The number of amides is 6. The molecule has 5 rings (SSSR count). The maximum Gasteiger partial charge on any atom is 0.410 e. The largest absolute Gasteiger partial charge is 0.491 e. The molecule has 6 amide bonds. The zero-order valence-corrected chi connectivity index (χ0v) is 49.4. The number of hydrogen-bond acceptors (Lipinski definition) is 19. The van der Waals surface area contributed by atoms with Gasteiger partial charge in [-0.05, 0) is 155 Å². The number of ether oxygens (including phenoxy) is 8. The number of carbonyl (C=O) groups excluding carboxylic acids is 6. The molecule has 4 fully saturated rings. The quantitative estimate of drug-likeness (QED) is 0.111. The molecule has 452 valence electrons. The third-order valence-electron chi connectivity index (χ3n) is 13.7. The van der Waals surface area contributed by atoms with Crippen molar-refractivity contribution in [3.63, 3.8) is 0 Å². The van der Waals surface area contributed by atoms with Crippen molar-refractivity contribution < 1.29 is 87.1 Å². The van der Waals surface area contributed by atoms with E-state index in [0.29, 0.717) is 25.1 Å². The van der Waals surface area contributed by atoms with E-state index in [4.69, 9.17) is 37.9 Å². The standard InChI is InChI=1S/C54H93N7O18/c1-48(2,3)75-43(65)56-29-20-28(21-29)25-55-26-31-18-19-32(59-45(67)77-50(7,8)9)38(73-31)35-33(60-46(68)78-51(10,11)12)22-34(58-42(64)54(71)23-30(24-54)57-44(66)76-49(4,5)6)39(36(35)62)74-41-37(63)40(53(16,70)27-72-41)61(17)47(69)79-52(13,14)15/h18,28-30,32-41,55,62-63,70-71H,19-27H2,1-17H3,(H,56,65)(H,57,66)(H,58,64)(H,59,67)(H,60,68)/t28?,29?,30?,32-,33+,34-,35-,36+,37-,38?,39+,40-,41-,53+,54?/m1/s1. The van der Waals surface area contributed by atoms with Gasteiger partial charge in [0.25, 0.3) is 5.91 Å². The third-order valence-corrected chi connectivity index (χ3v) is 13.7. The molecule has 25 nitrogen and oxygen atoms in total. The van der Waals surface area contributed by atoms with Crippen LogP contribution in [-0.4, -0.2) is 195 Å². The average Bonchev–Trinajstić information content (AvgIpc) is 3.21. The van der Waals surface area contributed by atoms with Crippen LogP contribution < -0.4 is 31.9 Å². The Kier molecular flexibility index (Phi) is 20.3. The highest BCUT2D eigenvalue weighted by Gasteiger charge is 2.58. The Morgan fingerprint density at radius 3 is 1.63 bits per heavy atom. The van der Waals surface area contributed by atoms with E-state index < -0.39 is 149 Å². The van der Waals surface area contributed by atoms with Gasteiger partial charge in [-0.15, -0.1) is 0 Å². The van der Waals surface area contributed by atoms with Crippen molar-refractivity contribution in [2.75, 3.05) is 26.7 Å². The van der Waals surface area contributed by atoms with Gasteiger partial charge in [0.2, 0.25) is 0 Å². The van der Waals surface area contributed by atoms with Crippen LogP contribution in [0.4, 0.5) is 24.0 Å². The van der Waals surface area contributed by atoms with Crippen LogP contribution in [-0.2, 0) is 42.7 Å². The molecule has 0 aromatic heterocycles. The highest BCUT2D eigenvalue weighted by atomic mass is 16.7. The summed E-state index contributed by atoms with van der Waals surface area (Å²) < 4.78 is 47.1. The zero-order valence-electron chi connectivity index (χ0n) is 49.4. The van der Waals surface area contributed by atoms with Crippen molar-refractivity contribution in [2.45, 2.75) is 255 Å². The summed E-state index contributed by atoms with van der Waals surface area (Å²) in [5.74, 6) is -1.53. The maximum absolute atomic E-state index is 14.4. The number of aliphatic hydroxyl groups excluding tert-OH is 2. The van der Waals surface area contributed by atoms with E-state index in [1.165, 1.54) is 14.0 Å². The van der Waals surface area contributed by atoms with E-state index in [-0.39, 0.29) is 44.2 Å². The van der Waals surface area contributed by atoms with E-state index in [0.717, 1.165) is 4.90 Å². The summed E-state index contributed by atoms with van der Waals surface area (Å²) in [6.45, 7) is 27.1. The highest BCUT2D eigenvalue weighted by molar-refractivity contribution is 5.87. The van der Waals surface area contributed by atoms with Crippen molar-refractivity contribution in [3.8, 4) is 0 Å². The van der Waals surface area contributed by atoms with Crippen LogP contribution in [0.25, 0.3) is 0 Å². The summed E-state index contributed by atoms with van der Waals surface area (Å²) in [5, 5.41) is 66.1. The van der Waals surface area contributed by atoms with E-state index in [9.17, 15) is 49.2 Å². The number of nitrogens with zero attached hydrogens (tertiary/aromatic N) is 1. The molecule has 0 bridgehead atoms. The molecule has 1 saturated heterocycles. The fraction of sp³-hybridized carbons (Fsp3) is 0.852. The van der Waals surface area contributed by atoms with E-state index in [2.05, 4.69) is 31.9 Å². The van der Waals surface area contributed by atoms with Gasteiger partial charge in [0.05, 0.1) is 37.4 Å². The fourth-order valence-corrected chi connectivity index (χ4v) is 10.4. The predicted molar refractivity (Wildman–Crippen MR) is 285 cm³/mol. The van der Waals surface area contributed by atoms with Crippen molar-refractivity contribution >= 4 is 36.4 Å². The first kappa shape index (κ1) is 64.9. The van der Waals surface area contributed by atoms with Gasteiger partial charge in [-0.3, -0.25) is 4.79 Å². The third kappa shape index (κ3) is 19.1. The van der Waals surface area contributed by atoms with E-state index in [1.807, 2.05) is 0 Å². The molecule has 25 heteroatoms. The number of carbonyl (C=O) groups is 6.